The lowest BCUT2D eigenvalue weighted by Gasteiger charge is -2.28. The number of benzene rings is 1. The molecule has 0 aliphatic carbocycles. The zero-order valence-electron chi connectivity index (χ0n) is 19.9. The molecule has 0 saturated heterocycles. The largest absolute Gasteiger partial charge is 0.505 e. The number of carbonyl (C=O) groups excluding carboxylic acids is 1. The Hall–Kier alpha value is -3.57. The minimum atomic E-state index is -1.18. The normalized spacial score (nSPS) is 14.6. The van der Waals surface area contributed by atoms with Crippen LogP contribution in [-0.4, -0.2) is 52.6 Å². The summed E-state index contributed by atoms with van der Waals surface area (Å²) in [6.45, 7) is 6.97. The molecule has 3 N–H and O–H groups in total. The molecule has 0 aromatic heterocycles. The number of rotatable bonds is 8. The van der Waals surface area contributed by atoms with E-state index in [0.29, 0.717) is 16.2 Å². The van der Waals surface area contributed by atoms with E-state index in [1.807, 2.05) is 38.1 Å². The molecule has 1 aliphatic rings. The summed E-state index contributed by atoms with van der Waals surface area (Å²) >= 11 is 5.96. The van der Waals surface area contributed by atoms with Crippen LogP contribution in [0.5, 0.6) is 0 Å². The lowest BCUT2D eigenvalue weighted by molar-refractivity contribution is -0.137. The molecule has 0 radical (unpaired) electrons. The van der Waals surface area contributed by atoms with Crippen LogP contribution in [0, 0.1) is 12.3 Å². The molecular formula is C25H31ClN4O4. The van der Waals surface area contributed by atoms with E-state index in [-0.39, 0.29) is 24.0 Å². The highest BCUT2D eigenvalue weighted by Crippen LogP contribution is 2.27. The van der Waals surface area contributed by atoms with Crippen LogP contribution in [-0.2, 0) is 9.59 Å². The van der Waals surface area contributed by atoms with E-state index in [2.05, 4.69) is 21.3 Å². The second-order valence-electron chi connectivity index (χ2n) is 7.17. The Kier molecular flexibility index (Phi) is 12.2. The van der Waals surface area contributed by atoms with E-state index in [9.17, 15) is 14.7 Å². The number of hydrogen-bond acceptors (Lipinski definition) is 6. The van der Waals surface area contributed by atoms with Gasteiger partial charge in [0, 0.05) is 23.9 Å². The van der Waals surface area contributed by atoms with Crippen LogP contribution in [0.2, 0.25) is 5.02 Å². The third kappa shape index (κ3) is 8.41. The standard InChI is InChI=1S/C21H25ClN4O4.C4H6/c1-4-17(14-6-8-16(22)9-7-14)23-10-15-12-26(25-5-2)19(20(29)13(15)3)21(30)24-11-18(27)28;1-3-4-2/h5-10,17,29H,4,11-12H2,1-3H3,(H,24,30)(H,27,28);1H,4H2,2H3/b23-10?,25-5-;. The van der Waals surface area contributed by atoms with Crippen LogP contribution in [0.3, 0.4) is 0 Å². The quantitative estimate of drug-likeness (QED) is 0.369. The smallest absolute Gasteiger partial charge is 0.322 e. The van der Waals surface area contributed by atoms with Gasteiger partial charge in [-0.15, -0.1) is 12.3 Å². The number of halogens is 1. The Morgan fingerprint density at radius 2 is 1.94 bits per heavy atom. The molecule has 1 unspecified atom stereocenters. The summed E-state index contributed by atoms with van der Waals surface area (Å²) in [6, 6.07) is 7.39. The highest BCUT2D eigenvalue weighted by molar-refractivity contribution is 6.30. The number of carboxylic acid groups (broad SMARTS) is 1. The summed E-state index contributed by atoms with van der Waals surface area (Å²) in [6.07, 6.45) is 9.56. The van der Waals surface area contributed by atoms with Crippen molar-refractivity contribution < 1.29 is 19.8 Å². The highest BCUT2D eigenvalue weighted by atomic mass is 35.5. The molecule has 0 spiro atoms. The highest BCUT2D eigenvalue weighted by Gasteiger charge is 2.29. The molecule has 8 nitrogen and oxygen atoms in total. The van der Waals surface area contributed by atoms with Crippen LogP contribution in [0.15, 0.2) is 57.0 Å². The van der Waals surface area contributed by atoms with Gasteiger partial charge >= 0.3 is 5.97 Å². The zero-order valence-corrected chi connectivity index (χ0v) is 20.6. The zero-order chi connectivity index (χ0) is 25.7. The van der Waals surface area contributed by atoms with E-state index in [1.165, 1.54) is 11.2 Å². The monoisotopic (exact) mass is 486 g/mol. The average Bonchev–Trinajstić information content (AvgIpc) is 2.82. The molecule has 9 heteroatoms. The van der Waals surface area contributed by atoms with Gasteiger partial charge < -0.3 is 15.5 Å². The number of aliphatic carboxylic acids is 1. The number of nitrogens with zero attached hydrogens (tertiary/aromatic N) is 3. The van der Waals surface area contributed by atoms with Crippen molar-refractivity contribution in [2.75, 3.05) is 13.1 Å². The number of aliphatic hydroxyl groups excluding tert-OH is 1. The topological polar surface area (TPSA) is 115 Å². The summed E-state index contributed by atoms with van der Waals surface area (Å²) in [5.74, 6) is 0.261. The van der Waals surface area contributed by atoms with Crippen molar-refractivity contribution in [2.45, 2.75) is 46.6 Å². The molecule has 0 bridgehead atoms. The maximum Gasteiger partial charge on any atom is 0.322 e. The first-order valence-electron chi connectivity index (χ1n) is 10.8. The number of aliphatic hydroxyl groups is 1. The van der Waals surface area contributed by atoms with Crippen molar-refractivity contribution in [3.8, 4) is 12.3 Å². The Labute approximate surface area is 205 Å². The summed E-state index contributed by atoms with van der Waals surface area (Å²) < 4.78 is 0. The molecule has 1 aliphatic heterocycles. The van der Waals surface area contributed by atoms with E-state index < -0.39 is 18.4 Å². The van der Waals surface area contributed by atoms with Gasteiger partial charge in [-0.05, 0) is 49.1 Å². The lowest BCUT2D eigenvalue weighted by Crippen LogP contribution is -2.39. The Morgan fingerprint density at radius 3 is 2.44 bits per heavy atom. The molecule has 182 valence electrons. The van der Waals surface area contributed by atoms with Gasteiger partial charge in [0.2, 0.25) is 0 Å². The van der Waals surface area contributed by atoms with E-state index in [0.717, 1.165) is 18.4 Å². The summed E-state index contributed by atoms with van der Waals surface area (Å²) in [7, 11) is 0. The lowest BCUT2D eigenvalue weighted by atomic mass is 10.0. The number of hydrogen-bond donors (Lipinski definition) is 3. The molecule has 1 heterocycles. The van der Waals surface area contributed by atoms with Gasteiger partial charge in [0.05, 0.1) is 12.6 Å². The van der Waals surface area contributed by atoms with Crippen LogP contribution >= 0.6 is 11.6 Å². The van der Waals surface area contributed by atoms with Crippen LogP contribution in [0.1, 0.15) is 52.1 Å². The molecule has 1 atom stereocenters. The minimum Gasteiger partial charge on any atom is -0.505 e. The fraction of sp³-hybridized carbons (Fsp3) is 0.360. The van der Waals surface area contributed by atoms with Gasteiger partial charge in [-0.25, -0.2) is 0 Å². The Balaban J connectivity index is 0.00000133. The second-order valence-corrected chi connectivity index (χ2v) is 7.60. The number of allylic oxidation sites excluding steroid dienone is 1. The van der Waals surface area contributed by atoms with Crippen LogP contribution in [0.25, 0.3) is 0 Å². The first kappa shape index (κ1) is 28.5. The van der Waals surface area contributed by atoms with Crippen molar-refractivity contribution in [1.29, 1.82) is 0 Å². The molecule has 0 saturated carbocycles. The number of hydrazone groups is 1. The van der Waals surface area contributed by atoms with Gasteiger partial charge in [0.25, 0.3) is 5.91 Å². The van der Waals surface area contributed by atoms with Gasteiger partial charge in [0.15, 0.2) is 5.70 Å². The summed E-state index contributed by atoms with van der Waals surface area (Å²) in [5.41, 5.74) is 2.09. The van der Waals surface area contributed by atoms with Gasteiger partial charge in [-0.1, -0.05) is 37.6 Å². The SMILES string of the molecule is C#CCC.C/C=N\N1CC(C=NC(CC)c2ccc(Cl)cc2)=C(C)C(O)=C1C(=O)NCC(=O)O. The minimum absolute atomic E-state index is 0.0860. The van der Waals surface area contributed by atoms with Crippen molar-refractivity contribution in [3.05, 3.63) is 57.5 Å². The molecule has 0 fully saturated rings. The van der Waals surface area contributed by atoms with E-state index in [4.69, 9.17) is 23.1 Å². The van der Waals surface area contributed by atoms with Gasteiger partial charge in [-0.2, -0.15) is 5.10 Å². The summed E-state index contributed by atoms with van der Waals surface area (Å²) in [4.78, 5) is 27.8. The predicted octanol–water partition coefficient (Wildman–Crippen LogP) is 4.50. The second kappa shape index (κ2) is 14.6. The maximum atomic E-state index is 12.4. The third-order valence-corrected chi connectivity index (χ3v) is 5.02. The first-order chi connectivity index (χ1) is 16.2. The van der Waals surface area contributed by atoms with Crippen molar-refractivity contribution in [2.24, 2.45) is 10.1 Å². The molecular weight excluding hydrogens is 456 g/mol. The average molecular weight is 487 g/mol. The number of terminal acetylenes is 1. The first-order valence-corrected chi connectivity index (χ1v) is 11.2. The van der Waals surface area contributed by atoms with Crippen molar-refractivity contribution in [1.82, 2.24) is 10.3 Å². The van der Waals surface area contributed by atoms with E-state index in [1.54, 1.807) is 20.1 Å². The Morgan fingerprint density at radius 1 is 1.32 bits per heavy atom. The summed E-state index contributed by atoms with van der Waals surface area (Å²) in [5, 5.41) is 27.8. The fourth-order valence-corrected chi connectivity index (χ4v) is 3.07. The molecule has 34 heavy (non-hydrogen) atoms. The number of carboxylic acids is 1. The van der Waals surface area contributed by atoms with Gasteiger partial charge in [-0.3, -0.25) is 19.6 Å². The molecule has 1 aromatic carbocycles. The number of aliphatic imine (C=N–C) groups is 1. The van der Waals surface area contributed by atoms with Gasteiger partial charge in [0.1, 0.15) is 12.3 Å². The van der Waals surface area contributed by atoms with Crippen molar-refractivity contribution >= 4 is 35.9 Å². The molecule has 1 aromatic rings. The van der Waals surface area contributed by atoms with Crippen LogP contribution in [0.4, 0.5) is 0 Å². The molecule has 2 rings (SSSR count). The molecule has 1 amide bonds. The van der Waals surface area contributed by atoms with Crippen molar-refractivity contribution in [3.63, 3.8) is 0 Å². The number of nitrogens with one attached hydrogen (secondary N) is 1. The maximum absolute atomic E-state index is 12.4. The Bertz CT molecular complexity index is 1020. The number of amides is 1. The fourth-order valence-electron chi connectivity index (χ4n) is 2.94. The third-order valence-electron chi connectivity index (χ3n) is 4.77. The van der Waals surface area contributed by atoms with E-state index >= 15 is 0 Å². The number of carbonyl (C=O) groups is 2. The predicted molar refractivity (Wildman–Crippen MR) is 136 cm³/mol. The van der Waals surface area contributed by atoms with Crippen LogP contribution < -0.4 is 5.32 Å².